The summed E-state index contributed by atoms with van der Waals surface area (Å²) in [4.78, 5) is 3.55. The molecule has 1 nitrogen and oxygen atoms in total. The summed E-state index contributed by atoms with van der Waals surface area (Å²) in [7, 11) is 0. The molecule has 4 atom stereocenters. The van der Waals surface area contributed by atoms with Crippen LogP contribution in [0.4, 0.5) is 0 Å². The molecule has 4 rings (SSSR count). The molecule has 1 aliphatic rings. The fraction of sp³-hybridized carbons (Fsp3) is 0.250. The summed E-state index contributed by atoms with van der Waals surface area (Å²) in [6.45, 7) is 6.40. The predicted octanol–water partition coefficient (Wildman–Crippen LogP) is 7.50. The number of likely N-dealkylation sites (tertiary alicyclic amines) is 1. The van der Waals surface area contributed by atoms with Crippen molar-refractivity contribution in [2.45, 2.75) is 37.8 Å². The predicted molar refractivity (Wildman–Crippen MR) is 131 cm³/mol. The van der Waals surface area contributed by atoms with Gasteiger partial charge < -0.3 is 4.90 Å². The topological polar surface area (TPSA) is 3.24 Å². The van der Waals surface area contributed by atoms with Gasteiger partial charge in [-0.2, -0.15) is 0 Å². The molecule has 0 aromatic heterocycles. The van der Waals surface area contributed by atoms with Crippen molar-refractivity contribution in [3.05, 3.63) is 120 Å². The number of hydrogen-bond acceptors (Lipinski definition) is 1. The molecule has 1 heterocycles. The van der Waals surface area contributed by atoms with Gasteiger partial charge in [-0.05, 0) is 29.5 Å². The zero-order valence-electron chi connectivity index (χ0n) is 17.5. The average molecular weight is 412 g/mol. The van der Waals surface area contributed by atoms with E-state index in [1.807, 2.05) is 0 Å². The van der Waals surface area contributed by atoms with Crippen LogP contribution in [-0.2, 0) is 0 Å². The van der Waals surface area contributed by atoms with Gasteiger partial charge in [0.1, 0.15) is 0 Å². The lowest BCUT2D eigenvalue weighted by atomic mass is 9.86. The van der Waals surface area contributed by atoms with Crippen LogP contribution < -0.4 is 0 Å². The molecular weight excluding hydrogens is 382 g/mol. The molecule has 30 heavy (non-hydrogen) atoms. The Hall–Kier alpha value is -2.71. The molecule has 1 fully saturated rings. The molecule has 0 saturated carbocycles. The molecule has 2 heteroatoms. The lowest BCUT2D eigenvalue weighted by Gasteiger charge is -2.37. The summed E-state index contributed by atoms with van der Waals surface area (Å²) in [5, 5.41) is 0. The Morgan fingerprint density at radius 3 is 1.70 bits per heavy atom. The van der Waals surface area contributed by atoms with Crippen molar-refractivity contribution in [3.8, 4) is 0 Å². The minimum absolute atomic E-state index is 0.190. The first-order valence-corrected chi connectivity index (χ1v) is 11.2. The van der Waals surface area contributed by atoms with Crippen molar-refractivity contribution in [1.82, 2.24) is 4.90 Å². The van der Waals surface area contributed by atoms with Crippen LogP contribution >= 0.6 is 12.2 Å². The van der Waals surface area contributed by atoms with Crippen molar-refractivity contribution < 1.29 is 0 Å². The Bertz CT molecular complexity index is 920. The number of benzene rings is 3. The molecule has 1 saturated heterocycles. The van der Waals surface area contributed by atoms with E-state index in [0.717, 1.165) is 17.8 Å². The molecule has 0 radical (unpaired) electrons. The first-order chi connectivity index (χ1) is 14.7. The lowest BCUT2D eigenvalue weighted by Crippen LogP contribution is -2.37. The van der Waals surface area contributed by atoms with Crippen molar-refractivity contribution in [3.63, 3.8) is 0 Å². The van der Waals surface area contributed by atoms with Gasteiger partial charge in [-0.25, -0.2) is 0 Å². The van der Waals surface area contributed by atoms with Crippen molar-refractivity contribution in [2.24, 2.45) is 5.92 Å². The second-order valence-corrected chi connectivity index (χ2v) is 8.55. The quantitative estimate of drug-likeness (QED) is 0.305. The Morgan fingerprint density at radius 1 is 0.833 bits per heavy atom. The number of rotatable bonds is 6. The van der Waals surface area contributed by atoms with E-state index in [1.165, 1.54) is 16.7 Å². The number of hydrogen-bond donors (Lipinski definition) is 0. The van der Waals surface area contributed by atoms with Gasteiger partial charge in [0.2, 0.25) is 0 Å². The Kier molecular flexibility index (Phi) is 6.44. The minimum Gasteiger partial charge on any atom is -0.352 e. The molecule has 0 spiro atoms. The lowest BCUT2D eigenvalue weighted by molar-refractivity contribution is 0.311. The van der Waals surface area contributed by atoms with Gasteiger partial charge in [-0.15, -0.1) is 6.58 Å². The summed E-state index contributed by atoms with van der Waals surface area (Å²) >= 11 is 6.21. The second kappa shape index (κ2) is 9.40. The van der Waals surface area contributed by atoms with Crippen LogP contribution in [0.1, 0.15) is 54.5 Å². The normalized spacial score (nSPS) is 20.5. The van der Waals surface area contributed by atoms with Crippen LogP contribution in [0.5, 0.6) is 0 Å². The summed E-state index contributed by atoms with van der Waals surface area (Å²) in [6, 6.07) is 32.9. The van der Waals surface area contributed by atoms with Gasteiger partial charge in [-0.3, -0.25) is 0 Å². The highest BCUT2D eigenvalue weighted by Crippen LogP contribution is 2.46. The fourth-order valence-corrected chi connectivity index (χ4v) is 5.22. The van der Waals surface area contributed by atoms with E-state index in [-0.39, 0.29) is 11.8 Å². The molecule has 0 N–H and O–H groups in total. The summed E-state index contributed by atoms with van der Waals surface area (Å²) < 4.78 is 0. The third-order valence-electron chi connectivity index (χ3n) is 6.37. The van der Waals surface area contributed by atoms with E-state index < -0.39 is 0 Å². The SMILES string of the molecule is C=C[C@H](c1ccccc1)[C@@H](C)C(=S)N1[C@@H](c2ccccc2)CC[C@@H]1c1ccccc1. The Labute approximate surface area is 186 Å². The summed E-state index contributed by atoms with van der Waals surface area (Å²) in [5.41, 5.74) is 3.97. The molecule has 0 unspecified atom stereocenters. The minimum atomic E-state index is 0.190. The maximum absolute atomic E-state index is 6.21. The van der Waals surface area contributed by atoms with Gasteiger partial charge in [0.25, 0.3) is 0 Å². The average Bonchev–Trinajstić information content (AvgIpc) is 3.26. The molecule has 1 aliphatic heterocycles. The Balaban J connectivity index is 1.70. The number of thiocarbonyl (C=S) groups is 1. The molecule has 3 aromatic rings. The third-order valence-corrected chi connectivity index (χ3v) is 6.96. The highest BCUT2D eigenvalue weighted by atomic mass is 32.1. The van der Waals surface area contributed by atoms with Crippen LogP contribution in [0.25, 0.3) is 0 Å². The van der Waals surface area contributed by atoms with Crippen molar-refractivity contribution >= 4 is 17.2 Å². The van der Waals surface area contributed by atoms with Gasteiger partial charge in [-0.1, -0.05) is 116 Å². The number of allylic oxidation sites excluding steroid dienone is 1. The van der Waals surface area contributed by atoms with E-state index in [0.29, 0.717) is 12.1 Å². The van der Waals surface area contributed by atoms with Crippen molar-refractivity contribution in [1.29, 1.82) is 0 Å². The van der Waals surface area contributed by atoms with Crippen LogP contribution in [0, 0.1) is 5.92 Å². The van der Waals surface area contributed by atoms with E-state index in [1.54, 1.807) is 0 Å². The first-order valence-electron chi connectivity index (χ1n) is 10.8. The summed E-state index contributed by atoms with van der Waals surface area (Å²) in [5.74, 6) is 0.391. The second-order valence-electron chi connectivity index (χ2n) is 8.14. The maximum atomic E-state index is 6.21. The third kappa shape index (κ3) is 4.11. The molecule has 152 valence electrons. The van der Waals surface area contributed by atoms with Gasteiger partial charge in [0.05, 0.1) is 17.1 Å². The number of nitrogens with zero attached hydrogens (tertiary/aromatic N) is 1. The van der Waals surface area contributed by atoms with Gasteiger partial charge in [0, 0.05) is 11.8 Å². The van der Waals surface area contributed by atoms with Crippen LogP contribution in [0.3, 0.4) is 0 Å². The molecule has 3 aromatic carbocycles. The summed E-state index contributed by atoms with van der Waals surface area (Å²) in [6.07, 6.45) is 4.28. The molecule has 0 amide bonds. The molecular formula is C28H29NS. The molecule has 0 bridgehead atoms. The van der Waals surface area contributed by atoms with Gasteiger partial charge >= 0.3 is 0 Å². The smallest absolute Gasteiger partial charge is 0.0827 e. The fourth-order valence-electron chi connectivity index (χ4n) is 4.82. The monoisotopic (exact) mass is 411 g/mol. The standard InChI is InChI=1S/C28H29NS/c1-3-25(22-13-7-4-8-14-22)21(2)28(30)29-26(23-15-9-5-10-16-23)19-20-27(29)24-17-11-6-12-18-24/h3-18,21,25-27H,1,19-20H2,2H3/t21-,25+,26-,27-/m1/s1. The highest BCUT2D eigenvalue weighted by Gasteiger charge is 2.39. The zero-order valence-corrected chi connectivity index (χ0v) is 18.3. The largest absolute Gasteiger partial charge is 0.352 e. The highest BCUT2D eigenvalue weighted by molar-refractivity contribution is 7.80. The van der Waals surface area contributed by atoms with Crippen molar-refractivity contribution in [2.75, 3.05) is 0 Å². The van der Waals surface area contributed by atoms with E-state index >= 15 is 0 Å². The Morgan fingerprint density at radius 2 is 1.27 bits per heavy atom. The maximum Gasteiger partial charge on any atom is 0.0827 e. The van der Waals surface area contributed by atoms with Gasteiger partial charge in [0.15, 0.2) is 0 Å². The first kappa shape index (κ1) is 20.6. The van der Waals surface area contributed by atoms with E-state index in [2.05, 4.69) is 115 Å². The van der Waals surface area contributed by atoms with Crippen LogP contribution in [0.15, 0.2) is 104 Å². The van der Waals surface area contributed by atoms with Crippen LogP contribution in [0.2, 0.25) is 0 Å². The van der Waals surface area contributed by atoms with Crippen LogP contribution in [-0.4, -0.2) is 9.89 Å². The van der Waals surface area contributed by atoms with E-state index in [9.17, 15) is 0 Å². The zero-order chi connectivity index (χ0) is 20.9. The van der Waals surface area contributed by atoms with E-state index in [4.69, 9.17) is 12.2 Å². The molecule has 0 aliphatic carbocycles.